The summed E-state index contributed by atoms with van der Waals surface area (Å²) in [4.78, 5) is 12.5. The lowest BCUT2D eigenvalue weighted by molar-refractivity contribution is -0.118. The molecule has 1 heterocycles. The molecule has 3 aromatic carbocycles. The number of para-hydroxylation sites is 1. The van der Waals surface area contributed by atoms with E-state index in [9.17, 15) is 4.79 Å². The molecule has 4 aromatic rings. The number of amides is 1. The van der Waals surface area contributed by atoms with Gasteiger partial charge in [-0.1, -0.05) is 59.8 Å². The Balaban J connectivity index is 1.49. The summed E-state index contributed by atoms with van der Waals surface area (Å²) in [6.07, 6.45) is 0. The molecule has 0 bridgehead atoms. The van der Waals surface area contributed by atoms with Crippen molar-refractivity contribution in [1.82, 2.24) is 20.2 Å². The number of carbonyl (C=O) groups excluding carboxylic acids is 1. The van der Waals surface area contributed by atoms with E-state index in [1.165, 1.54) is 17.3 Å². The zero-order valence-corrected chi connectivity index (χ0v) is 20.0. The summed E-state index contributed by atoms with van der Waals surface area (Å²) in [7, 11) is 1.62. The number of thioether (sulfide) groups is 1. The molecule has 0 radical (unpaired) electrons. The number of benzene rings is 3. The predicted molar refractivity (Wildman–Crippen MR) is 136 cm³/mol. The van der Waals surface area contributed by atoms with Crippen LogP contribution in [-0.2, 0) is 4.79 Å². The average Bonchev–Trinajstić information content (AvgIpc) is 3.31. The molecule has 7 nitrogen and oxygen atoms in total. The summed E-state index contributed by atoms with van der Waals surface area (Å²) >= 11 is 1.31. The Labute approximate surface area is 202 Å². The summed E-state index contributed by atoms with van der Waals surface area (Å²) in [5, 5.41) is 13.6. The van der Waals surface area contributed by atoms with Crippen LogP contribution in [0.4, 0.5) is 0 Å². The van der Waals surface area contributed by atoms with Crippen molar-refractivity contribution < 1.29 is 9.53 Å². The molecule has 1 amide bonds. The highest BCUT2D eigenvalue weighted by molar-refractivity contribution is 7.99. The maximum absolute atomic E-state index is 12.5. The number of aromatic nitrogens is 3. The molecule has 0 saturated heterocycles. The molecular weight excluding hydrogens is 446 g/mol. The topological polar surface area (TPSA) is 81.4 Å². The van der Waals surface area contributed by atoms with Crippen LogP contribution < -0.4 is 10.2 Å². The van der Waals surface area contributed by atoms with E-state index in [1.54, 1.807) is 7.11 Å². The van der Waals surface area contributed by atoms with Crippen LogP contribution in [-0.4, -0.2) is 39.2 Å². The zero-order chi connectivity index (χ0) is 23.9. The van der Waals surface area contributed by atoms with Gasteiger partial charge in [0.15, 0.2) is 11.0 Å². The van der Waals surface area contributed by atoms with Crippen molar-refractivity contribution in [2.75, 3.05) is 12.9 Å². The standard InChI is InChI=1S/C26H25N5O2S/c1-18-9-11-21(12-10-18)25-29-30-26(31(25)22-7-5-4-6-8-22)34-17-24(32)28-27-19(2)20-13-15-23(33-3)16-14-20/h4-16H,17H2,1-3H3,(H,28,32). The molecular formula is C26H25N5O2S. The van der Waals surface area contributed by atoms with Gasteiger partial charge in [0.25, 0.3) is 5.91 Å². The Morgan fingerprint density at radius 2 is 1.71 bits per heavy atom. The van der Waals surface area contributed by atoms with Crippen LogP contribution in [0.25, 0.3) is 17.1 Å². The van der Waals surface area contributed by atoms with Crippen LogP contribution in [0.2, 0.25) is 0 Å². The van der Waals surface area contributed by atoms with Gasteiger partial charge in [-0.25, -0.2) is 5.43 Å². The molecule has 0 unspecified atom stereocenters. The molecule has 172 valence electrons. The Morgan fingerprint density at radius 1 is 1.00 bits per heavy atom. The van der Waals surface area contributed by atoms with E-state index in [-0.39, 0.29) is 11.7 Å². The number of nitrogens with one attached hydrogen (secondary N) is 1. The third kappa shape index (κ3) is 5.52. The summed E-state index contributed by atoms with van der Waals surface area (Å²) in [5.74, 6) is 1.42. The molecule has 0 aliphatic heterocycles. The largest absolute Gasteiger partial charge is 0.497 e. The minimum absolute atomic E-state index is 0.151. The van der Waals surface area contributed by atoms with E-state index >= 15 is 0 Å². The Hall–Kier alpha value is -3.91. The van der Waals surface area contributed by atoms with Crippen LogP contribution in [0.1, 0.15) is 18.1 Å². The summed E-state index contributed by atoms with van der Waals surface area (Å²) in [5.41, 5.74) is 7.29. The van der Waals surface area contributed by atoms with E-state index < -0.39 is 0 Å². The second kappa shape index (κ2) is 10.8. The molecule has 34 heavy (non-hydrogen) atoms. The minimum atomic E-state index is -0.225. The third-order valence-corrected chi connectivity index (χ3v) is 6.07. The molecule has 8 heteroatoms. The second-order valence-electron chi connectivity index (χ2n) is 7.59. The van der Waals surface area contributed by atoms with Gasteiger partial charge >= 0.3 is 0 Å². The molecule has 1 N–H and O–H groups in total. The quantitative estimate of drug-likeness (QED) is 0.225. The third-order valence-electron chi connectivity index (χ3n) is 5.15. The maximum Gasteiger partial charge on any atom is 0.250 e. The first-order chi connectivity index (χ1) is 16.5. The normalized spacial score (nSPS) is 11.3. The monoisotopic (exact) mass is 471 g/mol. The summed E-state index contributed by atoms with van der Waals surface area (Å²) < 4.78 is 7.14. The van der Waals surface area contributed by atoms with Crippen molar-refractivity contribution in [2.24, 2.45) is 5.10 Å². The lowest BCUT2D eigenvalue weighted by atomic mass is 10.1. The average molecular weight is 472 g/mol. The lowest BCUT2D eigenvalue weighted by Gasteiger charge is -2.10. The molecule has 1 aromatic heterocycles. The van der Waals surface area contributed by atoms with Gasteiger partial charge in [-0.05, 0) is 55.8 Å². The van der Waals surface area contributed by atoms with Gasteiger partial charge in [0.2, 0.25) is 0 Å². The highest BCUT2D eigenvalue weighted by Gasteiger charge is 2.17. The van der Waals surface area contributed by atoms with E-state index in [0.29, 0.717) is 10.9 Å². The Kier molecular flexibility index (Phi) is 7.39. The SMILES string of the molecule is COc1ccc(C(C)=NNC(=O)CSc2nnc(-c3ccc(C)cc3)n2-c2ccccc2)cc1. The number of nitrogens with zero attached hydrogens (tertiary/aromatic N) is 4. The molecule has 0 fully saturated rings. The highest BCUT2D eigenvalue weighted by atomic mass is 32.2. The summed E-state index contributed by atoms with van der Waals surface area (Å²) in [6.45, 7) is 3.89. The van der Waals surface area contributed by atoms with E-state index in [2.05, 4.69) is 20.7 Å². The highest BCUT2D eigenvalue weighted by Crippen LogP contribution is 2.28. The number of aryl methyl sites for hydroxylation is 1. The fourth-order valence-corrected chi connectivity index (χ4v) is 4.01. The summed E-state index contributed by atoms with van der Waals surface area (Å²) in [6, 6.07) is 25.5. The number of hydrazone groups is 1. The molecule has 0 aliphatic carbocycles. The van der Waals surface area contributed by atoms with Crippen molar-refractivity contribution in [3.8, 4) is 22.8 Å². The number of hydrogen-bond acceptors (Lipinski definition) is 6. The van der Waals surface area contributed by atoms with Crippen LogP contribution in [0.5, 0.6) is 5.75 Å². The number of hydrogen-bond donors (Lipinski definition) is 1. The van der Waals surface area contributed by atoms with E-state index in [1.807, 2.05) is 97.3 Å². The van der Waals surface area contributed by atoms with E-state index in [4.69, 9.17) is 4.74 Å². The van der Waals surface area contributed by atoms with Crippen LogP contribution in [0.15, 0.2) is 89.1 Å². The fourth-order valence-electron chi connectivity index (χ4n) is 3.27. The Bertz CT molecular complexity index is 1280. The van der Waals surface area contributed by atoms with Gasteiger partial charge in [0.1, 0.15) is 5.75 Å². The van der Waals surface area contributed by atoms with Crippen molar-refractivity contribution >= 4 is 23.4 Å². The molecule has 0 spiro atoms. The number of carbonyl (C=O) groups is 1. The maximum atomic E-state index is 12.5. The molecule has 4 rings (SSSR count). The first kappa shape index (κ1) is 23.3. The van der Waals surface area contributed by atoms with Crippen LogP contribution in [0, 0.1) is 6.92 Å². The molecule has 0 aliphatic rings. The van der Waals surface area contributed by atoms with Crippen LogP contribution >= 0.6 is 11.8 Å². The van der Waals surface area contributed by atoms with Gasteiger partial charge in [-0.15, -0.1) is 10.2 Å². The number of rotatable bonds is 8. The molecule has 0 atom stereocenters. The minimum Gasteiger partial charge on any atom is -0.497 e. The van der Waals surface area contributed by atoms with Gasteiger partial charge in [-0.3, -0.25) is 9.36 Å². The van der Waals surface area contributed by atoms with Crippen molar-refractivity contribution in [3.05, 3.63) is 90.0 Å². The first-order valence-corrected chi connectivity index (χ1v) is 11.7. The second-order valence-corrected chi connectivity index (χ2v) is 8.54. The Morgan fingerprint density at radius 3 is 2.38 bits per heavy atom. The van der Waals surface area contributed by atoms with Crippen molar-refractivity contribution in [1.29, 1.82) is 0 Å². The smallest absolute Gasteiger partial charge is 0.250 e. The van der Waals surface area contributed by atoms with E-state index in [0.717, 1.165) is 28.4 Å². The zero-order valence-electron chi connectivity index (χ0n) is 19.2. The van der Waals surface area contributed by atoms with Gasteiger partial charge in [0.05, 0.1) is 18.6 Å². The number of ether oxygens (including phenoxy) is 1. The van der Waals surface area contributed by atoms with Gasteiger partial charge in [0, 0.05) is 11.3 Å². The van der Waals surface area contributed by atoms with Gasteiger partial charge in [-0.2, -0.15) is 5.10 Å². The van der Waals surface area contributed by atoms with Crippen LogP contribution in [0.3, 0.4) is 0 Å². The molecule has 0 saturated carbocycles. The van der Waals surface area contributed by atoms with Gasteiger partial charge < -0.3 is 4.74 Å². The lowest BCUT2D eigenvalue weighted by Crippen LogP contribution is -2.21. The van der Waals surface area contributed by atoms with Crippen molar-refractivity contribution in [3.63, 3.8) is 0 Å². The predicted octanol–water partition coefficient (Wildman–Crippen LogP) is 4.88. The first-order valence-electron chi connectivity index (χ1n) is 10.7. The van der Waals surface area contributed by atoms with Crippen molar-refractivity contribution in [2.45, 2.75) is 19.0 Å². The fraction of sp³-hybridized carbons (Fsp3) is 0.154. The number of methoxy groups -OCH3 is 1.